The number of hydrogen-bond donors (Lipinski definition) is 2. The maximum atomic E-state index is 13.2. The van der Waals surface area contributed by atoms with Gasteiger partial charge in [0.25, 0.3) is 0 Å². The molecule has 0 saturated carbocycles. The smallest absolute Gasteiger partial charge is 0.143 e. The van der Waals surface area contributed by atoms with Crippen LogP contribution in [0.15, 0.2) is 18.2 Å². The fraction of sp³-hybridized carbons (Fsp3) is 0.500. The molecule has 0 aromatic heterocycles. The summed E-state index contributed by atoms with van der Waals surface area (Å²) in [6.07, 6.45) is 2.37. The zero-order valence-corrected chi connectivity index (χ0v) is 9.86. The summed E-state index contributed by atoms with van der Waals surface area (Å²) in [5.74, 6) is 0.317. The van der Waals surface area contributed by atoms with Gasteiger partial charge in [-0.1, -0.05) is 11.6 Å². The number of rotatable bonds is 3. The van der Waals surface area contributed by atoms with Gasteiger partial charge >= 0.3 is 0 Å². The van der Waals surface area contributed by atoms with E-state index in [1.165, 1.54) is 18.9 Å². The highest BCUT2D eigenvalue weighted by atomic mass is 35.5. The van der Waals surface area contributed by atoms with Crippen molar-refractivity contribution in [1.82, 2.24) is 5.32 Å². The molecule has 1 heterocycles. The maximum absolute atomic E-state index is 13.2. The van der Waals surface area contributed by atoms with E-state index in [1.54, 1.807) is 6.07 Å². The molecule has 1 aliphatic heterocycles. The van der Waals surface area contributed by atoms with Gasteiger partial charge in [0.1, 0.15) is 5.82 Å². The summed E-state index contributed by atoms with van der Waals surface area (Å²) in [5, 5.41) is 6.75. The Morgan fingerprint density at radius 2 is 2.12 bits per heavy atom. The van der Waals surface area contributed by atoms with Crippen LogP contribution in [0.25, 0.3) is 0 Å². The van der Waals surface area contributed by atoms with E-state index in [9.17, 15) is 4.39 Å². The Labute approximate surface area is 100 Å². The lowest BCUT2D eigenvalue weighted by Gasteiger charge is -2.23. The third-order valence-electron chi connectivity index (χ3n) is 2.97. The molecule has 1 fully saturated rings. The topological polar surface area (TPSA) is 24.1 Å². The zero-order valence-electron chi connectivity index (χ0n) is 9.10. The van der Waals surface area contributed by atoms with Crippen LogP contribution in [0.2, 0.25) is 5.02 Å². The Hall–Kier alpha value is -0.800. The van der Waals surface area contributed by atoms with E-state index < -0.39 is 0 Å². The highest BCUT2D eigenvalue weighted by molar-refractivity contribution is 6.30. The first kappa shape index (κ1) is 11.7. The molecule has 1 aliphatic rings. The van der Waals surface area contributed by atoms with Crippen molar-refractivity contribution in [3.8, 4) is 0 Å². The molecule has 0 spiro atoms. The molecule has 0 unspecified atom stereocenters. The minimum atomic E-state index is -0.364. The van der Waals surface area contributed by atoms with Crippen LogP contribution in [0.4, 0.5) is 10.1 Å². The standard InChI is InChI=1S/C12H16ClFN2/c13-11-2-1-10(7-12(11)14)16-8-9-3-5-15-6-4-9/h1-2,7,9,15-16H,3-6,8H2. The van der Waals surface area contributed by atoms with Crippen molar-refractivity contribution < 1.29 is 4.39 Å². The molecule has 0 bridgehead atoms. The second-order valence-corrected chi connectivity index (χ2v) is 4.61. The van der Waals surface area contributed by atoms with Crippen molar-refractivity contribution in [2.24, 2.45) is 5.92 Å². The van der Waals surface area contributed by atoms with Crippen molar-refractivity contribution in [2.45, 2.75) is 12.8 Å². The van der Waals surface area contributed by atoms with Gasteiger partial charge in [-0.2, -0.15) is 0 Å². The molecule has 1 aromatic rings. The highest BCUT2D eigenvalue weighted by Gasteiger charge is 2.12. The number of benzene rings is 1. The molecule has 1 saturated heterocycles. The van der Waals surface area contributed by atoms with Crippen molar-refractivity contribution in [2.75, 3.05) is 25.0 Å². The van der Waals surface area contributed by atoms with Gasteiger partial charge in [-0.25, -0.2) is 4.39 Å². The van der Waals surface area contributed by atoms with Crippen LogP contribution < -0.4 is 10.6 Å². The summed E-state index contributed by atoms with van der Waals surface area (Å²) in [4.78, 5) is 0. The normalized spacial score (nSPS) is 17.4. The van der Waals surface area contributed by atoms with E-state index in [1.807, 2.05) is 6.07 Å². The van der Waals surface area contributed by atoms with Crippen molar-refractivity contribution in [1.29, 1.82) is 0 Å². The Morgan fingerprint density at radius 1 is 1.38 bits per heavy atom. The van der Waals surface area contributed by atoms with Crippen LogP contribution in [-0.2, 0) is 0 Å². The summed E-state index contributed by atoms with van der Waals surface area (Å²) in [6, 6.07) is 4.84. The first-order valence-corrected chi connectivity index (χ1v) is 6.03. The molecule has 0 amide bonds. The highest BCUT2D eigenvalue weighted by Crippen LogP contribution is 2.20. The average Bonchev–Trinajstić information content (AvgIpc) is 2.32. The van der Waals surface area contributed by atoms with Gasteiger partial charge in [-0.05, 0) is 50.0 Å². The van der Waals surface area contributed by atoms with E-state index in [2.05, 4.69) is 10.6 Å². The van der Waals surface area contributed by atoms with Crippen LogP contribution in [-0.4, -0.2) is 19.6 Å². The van der Waals surface area contributed by atoms with E-state index in [0.29, 0.717) is 5.92 Å². The van der Waals surface area contributed by atoms with Gasteiger partial charge in [0.2, 0.25) is 0 Å². The fourth-order valence-electron chi connectivity index (χ4n) is 1.95. The number of nitrogens with one attached hydrogen (secondary N) is 2. The van der Waals surface area contributed by atoms with E-state index in [4.69, 9.17) is 11.6 Å². The molecular formula is C12H16ClFN2. The Kier molecular flexibility index (Phi) is 4.02. The molecule has 16 heavy (non-hydrogen) atoms. The summed E-state index contributed by atoms with van der Waals surface area (Å²) >= 11 is 5.62. The minimum absolute atomic E-state index is 0.174. The number of anilines is 1. The quantitative estimate of drug-likeness (QED) is 0.852. The summed E-state index contributed by atoms with van der Waals surface area (Å²) in [5.41, 5.74) is 0.806. The summed E-state index contributed by atoms with van der Waals surface area (Å²) < 4.78 is 13.2. The monoisotopic (exact) mass is 242 g/mol. The van der Waals surface area contributed by atoms with Gasteiger partial charge in [-0.3, -0.25) is 0 Å². The molecule has 88 valence electrons. The lowest BCUT2D eigenvalue weighted by Crippen LogP contribution is -2.31. The van der Waals surface area contributed by atoms with E-state index in [-0.39, 0.29) is 10.8 Å². The first-order valence-electron chi connectivity index (χ1n) is 5.65. The largest absolute Gasteiger partial charge is 0.385 e. The molecule has 2 N–H and O–H groups in total. The van der Waals surface area contributed by atoms with Crippen molar-refractivity contribution in [3.63, 3.8) is 0 Å². The molecule has 0 aliphatic carbocycles. The summed E-state index contributed by atoms with van der Waals surface area (Å²) in [7, 11) is 0. The predicted molar refractivity (Wildman–Crippen MR) is 65.5 cm³/mol. The van der Waals surface area contributed by atoms with Gasteiger partial charge in [0.15, 0.2) is 0 Å². The van der Waals surface area contributed by atoms with Crippen LogP contribution in [0.1, 0.15) is 12.8 Å². The Bertz CT molecular complexity index is 351. The maximum Gasteiger partial charge on any atom is 0.143 e. The third kappa shape index (κ3) is 3.09. The third-order valence-corrected chi connectivity index (χ3v) is 3.28. The number of halogens is 2. The van der Waals surface area contributed by atoms with Gasteiger partial charge in [0.05, 0.1) is 5.02 Å². The molecule has 0 radical (unpaired) electrons. The molecule has 0 atom stereocenters. The van der Waals surface area contributed by atoms with Crippen molar-refractivity contribution in [3.05, 3.63) is 29.0 Å². The summed E-state index contributed by atoms with van der Waals surface area (Å²) in [6.45, 7) is 3.07. The van der Waals surface area contributed by atoms with Gasteiger partial charge in [0, 0.05) is 12.2 Å². The molecule has 2 nitrogen and oxygen atoms in total. The number of hydrogen-bond acceptors (Lipinski definition) is 2. The first-order chi connectivity index (χ1) is 7.75. The van der Waals surface area contributed by atoms with Crippen molar-refractivity contribution >= 4 is 17.3 Å². The Balaban J connectivity index is 1.86. The zero-order chi connectivity index (χ0) is 11.4. The molecule has 1 aromatic carbocycles. The lowest BCUT2D eigenvalue weighted by atomic mass is 9.98. The van der Waals surface area contributed by atoms with Crippen LogP contribution in [0, 0.1) is 11.7 Å². The predicted octanol–water partition coefficient (Wildman–Crippen LogP) is 2.89. The fourth-order valence-corrected chi connectivity index (χ4v) is 2.07. The molecular weight excluding hydrogens is 227 g/mol. The second kappa shape index (κ2) is 5.51. The second-order valence-electron chi connectivity index (χ2n) is 4.20. The van der Waals surface area contributed by atoms with E-state index in [0.717, 1.165) is 25.3 Å². The molecule has 4 heteroatoms. The van der Waals surface area contributed by atoms with Gasteiger partial charge < -0.3 is 10.6 Å². The van der Waals surface area contributed by atoms with Gasteiger partial charge in [-0.15, -0.1) is 0 Å². The number of piperidine rings is 1. The average molecular weight is 243 g/mol. The van der Waals surface area contributed by atoms with E-state index >= 15 is 0 Å². The lowest BCUT2D eigenvalue weighted by molar-refractivity contribution is 0.390. The van der Waals surface area contributed by atoms with Crippen LogP contribution >= 0.6 is 11.6 Å². The van der Waals surface area contributed by atoms with Crippen LogP contribution in [0.3, 0.4) is 0 Å². The molecule has 2 rings (SSSR count). The SMILES string of the molecule is Fc1cc(NCC2CCNCC2)ccc1Cl. The minimum Gasteiger partial charge on any atom is -0.385 e. The van der Waals surface area contributed by atoms with Crippen LogP contribution in [0.5, 0.6) is 0 Å². The Morgan fingerprint density at radius 3 is 2.81 bits per heavy atom.